The van der Waals surface area contributed by atoms with Crippen LogP contribution < -0.4 is 10.6 Å². The Morgan fingerprint density at radius 1 is 0.880 bits per heavy atom. The van der Waals surface area contributed by atoms with Crippen molar-refractivity contribution in [1.82, 2.24) is 4.90 Å². The molecule has 0 aliphatic carbocycles. The molecule has 0 heterocycles. The number of carbonyl (C=O) groups is 2. The summed E-state index contributed by atoms with van der Waals surface area (Å²) in [5, 5.41) is 5.93. The number of nitrogens with one attached hydrogen (secondary N) is 2. The van der Waals surface area contributed by atoms with Crippen LogP contribution in [0.25, 0.3) is 0 Å². The molecule has 0 atom stereocenters. The average Bonchev–Trinajstić information content (AvgIpc) is 2.57. The van der Waals surface area contributed by atoms with E-state index in [-0.39, 0.29) is 0 Å². The SMILES string of the molecule is CCN(C(=O)C(=O)Nc1ccc(Nc2ccccc2)cc1)C(C)(C)C. The lowest BCUT2D eigenvalue weighted by atomic mass is 10.1. The van der Waals surface area contributed by atoms with Gasteiger partial charge >= 0.3 is 11.8 Å². The summed E-state index contributed by atoms with van der Waals surface area (Å²) in [6.45, 7) is 8.07. The molecule has 0 bridgehead atoms. The van der Waals surface area contributed by atoms with E-state index in [9.17, 15) is 9.59 Å². The van der Waals surface area contributed by atoms with Gasteiger partial charge in [0.25, 0.3) is 0 Å². The second-order valence-electron chi connectivity index (χ2n) is 6.74. The fraction of sp³-hybridized carbons (Fsp3) is 0.300. The number of likely N-dealkylation sites (N-methyl/N-ethyl adjacent to an activating group) is 1. The number of carbonyl (C=O) groups excluding carboxylic acids is 2. The molecule has 5 heteroatoms. The zero-order valence-corrected chi connectivity index (χ0v) is 15.2. The third-order valence-electron chi connectivity index (χ3n) is 3.77. The number of rotatable bonds is 4. The third kappa shape index (κ3) is 5.08. The molecule has 0 radical (unpaired) electrons. The quantitative estimate of drug-likeness (QED) is 0.827. The molecule has 0 aliphatic heterocycles. The van der Waals surface area contributed by atoms with Gasteiger partial charge in [-0.3, -0.25) is 9.59 Å². The van der Waals surface area contributed by atoms with Crippen LogP contribution in [-0.2, 0) is 9.59 Å². The van der Waals surface area contributed by atoms with Crippen LogP contribution in [0.5, 0.6) is 0 Å². The molecule has 5 nitrogen and oxygen atoms in total. The van der Waals surface area contributed by atoms with Crippen molar-refractivity contribution in [3.05, 3.63) is 54.6 Å². The normalized spacial score (nSPS) is 10.9. The first-order chi connectivity index (χ1) is 11.8. The Labute approximate surface area is 149 Å². The van der Waals surface area contributed by atoms with E-state index in [0.29, 0.717) is 12.2 Å². The minimum Gasteiger partial charge on any atom is -0.356 e. The highest BCUT2D eigenvalue weighted by Gasteiger charge is 2.29. The third-order valence-corrected chi connectivity index (χ3v) is 3.77. The summed E-state index contributed by atoms with van der Waals surface area (Å²) in [5.74, 6) is -1.15. The van der Waals surface area contributed by atoms with Crippen LogP contribution in [0.1, 0.15) is 27.7 Å². The molecule has 0 spiro atoms. The van der Waals surface area contributed by atoms with E-state index in [2.05, 4.69) is 10.6 Å². The predicted octanol–water partition coefficient (Wildman–Crippen LogP) is 4.02. The zero-order chi connectivity index (χ0) is 18.4. The topological polar surface area (TPSA) is 61.4 Å². The summed E-state index contributed by atoms with van der Waals surface area (Å²) in [6.07, 6.45) is 0. The van der Waals surface area contributed by atoms with Gasteiger partial charge in [-0.1, -0.05) is 18.2 Å². The van der Waals surface area contributed by atoms with E-state index in [1.54, 1.807) is 17.0 Å². The summed E-state index contributed by atoms with van der Waals surface area (Å²) in [7, 11) is 0. The lowest BCUT2D eigenvalue weighted by Gasteiger charge is -2.34. The van der Waals surface area contributed by atoms with Crippen LogP contribution in [0, 0.1) is 0 Å². The molecule has 0 saturated heterocycles. The lowest BCUT2D eigenvalue weighted by Crippen LogP contribution is -2.49. The van der Waals surface area contributed by atoms with Crippen molar-refractivity contribution in [2.75, 3.05) is 17.2 Å². The Bertz CT molecular complexity index is 719. The molecule has 132 valence electrons. The van der Waals surface area contributed by atoms with Gasteiger partial charge in [-0.25, -0.2) is 0 Å². The highest BCUT2D eigenvalue weighted by atomic mass is 16.2. The fourth-order valence-corrected chi connectivity index (χ4v) is 2.55. The Morgan fingerprint density at radius 2 is 1.40 bits per heavy atom. The molecule has 0 fully saturated rings. The molecular weight excluding hydrogens is 314 g/mol. The zero-order valence-electron chi connectivity index (χ0n) is 15.2. The van der Waals surface area contributed by atoms with E-state index in [1.807, 2.05) is 70.2 Å². The predicted molar refractivity (Wildman–Crippen MR) is 102 cm³/mol. The van der Waals surface area contributed by atoms with E-state index in [1.165, 1.54) is 0 Å². The van der Waals surface area contributed by atoms with Gasteiger partial charge in [-0.2, -0.15) is 0 Å². The van der Waals surface area contributed by atoms with Gasteiger partial charge in [0, 0.05) is 29.1 Å². The number of hydrogen-bond donors (Lipinski definition) is 2. The van der Waals surface area contributed by atoms with Crippen LogP contribution in [0.4, 0.5) is 17.1 Å². The molecule has 0 saturated carbocycles. The van der Waals surface area contributed by atoms with E-state index < -0.39 is 17.4 Å². The summed E-state index contributed by atoms with van der Waals surface area (Å²) in [6, 6.07) is 17.1. The maximum absolute atomic E-state index is 12.3. The molecule has 2 aromatic rings. The van der Waals surface area contributed by atoms with Gasteiger partial charge in [0.1, 0.15) is 0 Å². The molecule has 25 heavy (non-hydrogen) atoms. The molecular formula is C20H25N3O2. The van der Waals surface area contributed by atoms with Crippen molar-refractivity contribution in [2.45, 2.75) is 33.2 Å². The standard InChI is InChI=1S/C20H25N3O2/c1-5-23(20(2,3)4)19(25)18(24)22-17-13-11-16(12-14-17)21-15-9-7-6-8-10-15/h6-14,21H,5H2,1-4H3,(H,22,24). The van der Waals surface area contributed by atoms with Crippen LogP contribution in [-0.4, -0.2) is 28.8 Å². The van der Waals surface area contributed by atoms with Crippen molar-refractivity contribution >= 4 is 28.9 Å². The van der Waals surface area contributed by atoms with E-state index >= 15 is 0 Å². The Kier molecular flexibility index (Phi) is 5.80. The highest BCUT2D eigenvalue weighted by molar-refractivity contribution is 6.39. The largest absolute Gasteiger partial charge is 0.356 e. The van der Waals surface area contributed by atoms with Crippen LogP contribution >= 0.6 is 0 Å². The molecule has 0 aliphatic rings. The molecule has 2 amide bonds. The molecule has 2 N–H and O–H groups in total. The van der Waals surface area contributed by atoms with Gasteiger partial charge in [0.05, 0.1) is 0 Å². The van der Waals surface area contributed by atoms with Gasteiger partial charge < -0.3 is 15.5 Å². The van der Waals surface area contributed by atoms with E-state index in [4.69, 9.17) is 0 Å². The molecule has 2 rings (SSSR count). The molecule has 0 unspecified atom stereocenters. The molecule has 2 aromatic carbocycles. The maximum Gasteiger partial charge on any atom is 0.313 e. The van der Waals surface area contributed by atoms with Crippen LogP contribution in [0.3, 0.4) is 0 Å². The number of para-hydroxylation sites is 1. The van der Waals surface area contributed by atoms with Crippen molar-refractivity contribution in [2.24, 2.45) is 0 Å². The second-order valence-corrected chi connectivity index (χ2v) is 6.74. The number of nitrogens with zero attached hydrogens (tertiary/aromatic N) is 1. The minimum absolute atomic E-state index is 0.396. The monoisotopic (exact) mass is 339 g/mol. The minimum atomic E-state index is -0.624. The number of hydrogen-bond acceptors (Lipinski definition) is 3. The second kappa shape index (κ2) is 7.83. The van der Waals surface area contributed by atoms with Crippen molar-refractivity contribution in [3.63, 3.8) is 0 Å². The summed E-state index contributed by atoms with van der Waals surface area (Å²) < 4.78 is 0. The summed E-state index contributed by atoms with van der Waals surface area (Å²) in [4.78, 5) is 26.1. The van der Waals surface area contributed by atoms with Gasteiger partial charge in [-0.15, -0.1) is 0 Å². The first-order valence-electron chi connectivity index (χ1n) is 8.36. The lowest BCUT2D eigenvalue weighted by molar-refractivity contribution is -0.146. The number of amides is 2. The first-order valence-corrected chi connectivity index (χ1v) is 8.36. The van der Waals surface area contributed by atoms with Gasteiger partial charge in [0.15, 0.2) is 0 Å². The van der Waals surface area contributed by atoms with Crippen molar-refractivity contribution in [3.8, 4) is 0 Å². The summed E-state index contributed by atoms with van der Waals surface area (Å²) in [5.41, 5.74) is 2.08. The Morgan fingerprint density at radius 3 is 1.92 bits per heavy atom. The maximum atomic E-state index is 12.3. The Balaban J connectivity index is 2.01. The van der Waals surface area contributed by atoms with Crippen molar-refractivity contribution in [1.29, 1.82) is 0 Å². The Hall–Kier alpha value is -2.82. The summed E-state index contributed by atoms with van der Waals surface area (Å²) >= 11 is 0. The van der Waals surface area contributed by atoms with Crippen molar-refractivity contribution < 1.29 is 9.59 Å². The first kappa shape index (κ1) is 18.5. The van der Waals surface area contributed by atoms with E-state index in [0.717, 1.165) is 11.4 Å². The average molecular weight is 339 g/mol. The fourth-order valence-electron chi connectivity index (χ4n) is 2.55. The van der Waals surface area contributed by atoms with Crippen LogP contribution in [0.15, 0.2) is 54.6 Å². The molecule has 0 aromatic heterocycles. The number of benzene rings is 2. The van der Waals surface area contributed by atoms with Crippen LogP contribution in [0.2, 0.25) is 0 Å². The van der Waals surface area contributed by atoms with Gasteiger partial charge in [0.2, 0.25) is 0 Å². The number of anilines is 3. The van der Waals surface area contributed by atoms with Gasteiger partial charge in [-0.05, 0) is 64.1 Å². The highest BCUT2D eigenvalue weighted by Crippen LogP contribution is 2.19. The smallest absolute Gasteiger partial charge is 0.313 e.